The van der Waals surface area contributed by atoms with Crippen LogP contribution in [0.5, 0.6) is 0 Å². The van der Waals surface area contributed by atoms with E-state index in [1.54, 1.807) is 12.1 Å². The van der Waals surface area contributed by atoms with Gasteiger partial charge in [0.2, 0.25) is 0 Å². The quantitative estimate of drug-likeness (QED) is 0.522. The number of nitro groups is 1. The van der Waals surface area contributed by atoms with E-state index in [4.69, 9.17) is 16.0 Å². The highest BCUT2D eigenvalue weighted by Gasteiger charge is 2.16. The zero-order valence-corrected chi connectivity index (χ0v) is 13.9. The lowest BCUT2D eigenvalue weighted by Crippen LogP contribution is -2.10. The van der Waals surface area contributed by atoms with Crippen LogP contribution in [0, 0.1) is 17.0 Å². The molecule has 0 aliphatic rings. The van der Waals surface area contributed by atoms with Gasteiger partial charge in [-0.3, -0.25) is 14.9 Å². The van der Waals surface area contributed by atoms with Crippen molar-refractivity contribution < 1.29 is 14.1 Å². The number of rotatable bonds is 4. The molecule has 126 valence electrons. The molecule has 1 heterocycles. The minimum absolute atomic E-state index is 0.113. The van der Waals surface area contributed by atoms with Crippen molar-refractivity contribution in [1.29, 1.82) is 0 Å². The number of carbonyl (C=O) groups is 1. The van der Waals surface area contributed by atoms with Crippen LogP contribution in [0.2, 0.25) is 5.02 Å². The second-order valence-corrected chi connectivity index (χ2v) is 5.82. The molecule has 0 radical (unpaired) electrons. The van der Waals surface area contributed by atoms with Gasteiger partial charge in [0.25, 0.3) is 11.6 Å². The number of amides is 1. The van der Waals surface area contributed by atoms with E-state index in [2.05, 4.69) is 5.32 Å². The molecule has 3 rings (SSSR count). The summed E-state index contributed by atoms with van der Waals surface area (Å²) in [6.45, 7) is 1.93. The van der Waals surface area contributed by atoms with Gasteiger partial charge in [-0.15, -0.1) is 0 Å². The van der Waals surface area contributed by atoms with E-state index >= 15 is 0 Å². The van der Waals surface area contributed by atoms with E-state index in [0.29, 0.717) is 17.0 Å². The van der Waals surface area contributed by atoms with Crippen molar-refractivity contribution in [3.63, 3.8) is 0 Å². The highest BCUT2D eigenvalue weighted by molar-refractivity contribution is 6.33. The maximum Gasteiger partial charge on any atom is 0.291 e. The molecule has 0 fully saturated rings. The van der Waals surface area contributed by atoms with Crippen LogP contribution in [0.3, 0.4) is 0 Å². The van der Waals surface area contributed by atoms with Crippen molar-refractivity contribution in [1.82, 2.24) is 0 Å². The second kappa shape index (κ2) is 6.78. The number of non-ortho nitro benzene ring substituents is 1. The summed E-state index contributed by atoms with van der Waals surface area (Å²) in [5.74, 6) is 0.0788. The molecule has 0 saturated heterocycles. The number of furan rings is 1. The van der Waals surface area contributed by atoms with Crippen LogP contribution in [0.15, 0.2) is 59.0 Å². The van der Waals surface area contributed by atoms with Crippen LogP contribution in [0.25, 0.3) is 11.3 Å². The van der Waals surface area contributed by atoms with Gasteiger partial charge in [-0.25, -0.2) is 0 Å². The predicted octanol–water partition coefficient (Wildman–Crippen LogP) is 5.07. The smallest absolute Gasteiger partial charge is 0.291 e. The first-order valence-corrected chi connectivity index (χ1v) is 7.74. The van der Waals surface area contributed by atoms with E-state index in [9.17, 15) is 14.9 Å². The Labute approximate surface area is 148 Å². The second-order valence-electron chi connectivity index (χ2n) is 5.41. The van der Waals surface area contributed by atoms with E-state index < -0.39 is 10.8 Å². The number of hydrogen-bond donors (Lipinski definition) is 1. The third-order valence-corrected chi connectivity index (χ3v) is 3.85. The summed E-state index contributed by atoms with van der Waals surface area (Å²) in [5.41, 5.74) is 2.05. The standard InChI is InChI=1S/C18H13ClN2O4/c1-11-3-2-4-12(9-11)20-18(22)17-8-7-16(25-17)14-6-5-13(21(23)24)10-15(14)19/h2-10H,1H3,(H,20,22). The Hall–Kier alpha value is -3.12. The fourth-order valence-corrected chi connectivity index (χ4v) is 2.61. The highest BCUT2D eigenvalue weighted by atomic mass is 35.5. The summed E-state index contributed by atoms with van der Waals surface area (Å²) in [6.07, 6.45) is 0. The summed E-state index contributed by atoms with van der Waals surface area (Å²) < 4.78 is 5.55. The molecule has 0 atom stereocenters. The number of nitro benzene ring substituents is 1. The summed E-state index contributed by atoms with van der Waals surface area (Å²) in [4.78, 5) is 22.5. The summed E-state index contributed by atoms with van der Waals surface area (Å²) in [7, 11) is 0. The lowest BCUT2D eigenvalue weighted by Gasteiger charge is -2.04. The summed E-state index contributed by atoms with van der Waals surface area (Å²) >= 11 is 6.08. The van der Waals surface area contributed by atoms with Crippen LogP contribution in [-0.4, -0.2) is 10.8 Å². The molecule has 3 aromatic rings. The van der Waals surface area contributed by atoms with Crippen molar-refractivity contribution in [3.8, 4) is 11.3 Å². The van der Waals surface area contributed by atoms with Gasteiger partial charge < -0.3 is 9.73 Å². The molecule has 0 unspecified atom stereocenters. The first kappa shape index (κ1) is 16.7. The summed E-state index contributed by atoms with van der Waals surface area (Å²) in [5, 5.41) is 13.7. The Bertz CT molecular complexity index is 965. The van der Waals surface area contributed by atoms with Crippen molar-refractivity contribution in [2.75, 3.05) is 5.32 Å². The number of anilines is 1. The number of halogens is 1. The van der Waals surface area contributed by atoms with Crippen LogP contribution in [0.1, 0.15) is 16.1 Å². The topological polar surface area (TPSA) is 85.4 Å². The van der Waals surface area contributed by atoms with Gasteiger partial charge in [-0.1, -0.05) is 23.7 Å². The number of nitrogens with one attached hydrogen (secondary N) is 1. The minimum atomic E-state index is -0.529. The fraction of sp³-hybridized carbons (Fsp3) is 0.0556. The molecule has 0 bridgehead atoms. The molecule has 0 saturated carbocycles. The number of hydrogen-bond acceptors (Lipinski definition) is 4. The van der Waals surface area contributed by atoms with Crippen LogP contribution >= 0.6 is 11.6 Å². The van der Waals surface area contributed by atoms with Gasteiger partial charge in [0.15, 0.2) is 5.76 Å². The van der Waals surface area contributed by atoms with Crippen LogP contribution < -0.4 is 5.32 Å². The molecule has 1 amide bonds. The minimum Gasteiger partial charge on any atom is -0.451 e. The Morgan fingerprint density at radius 3 is 2.64 bits per heavy atom. The van der Waals surface area contributed by atoms with Gasteiger partial charge in [0.1, 0.15) is 5.76 Å². The average Bonchev–Trinajstić information content (AvgIpc) is 3.04. The number of carbonyl (C=O) groups excluding carboxylic acids is 1. The Morgan fingerprint density at radius 1 is 1.16 bits per heavy atom. The molecule has 0 spiro atoms. The zero-order chi connectivity index (χ0) is 18.0. The monoisotopic (exact) mass is 356 g/mol. The molecule has 1 N–H and O–H groups in total. The number of benzene rings is 2. The molecule has 6 nitrogen and oxygen atoms in total. The fourth-order valence-electron chi connectivity index (χ4n) is 2.34. The van der Waals surface area contributed by atoms with Crippen molar-refractivity contribution in [2.45, 2.75) is 6.92 Å². The molecular formula is C18H13ClN2O4. The lowest BCUT2D eigenvalue weighted by molar-refractivity contribution is -0.384. The molecule has 0 aliphatic heterocycles. The lowest BCUT2D eigenvalue weighted by atomic mass is 10.1. The first-order valence-electron chi connectivity index (χ1n) is 7.36. The largest absolute Gasteiger partial charge is 0.451 e. The van der Waals surface area contributed by atoms with Crippen molar-refractivity contribution >= 4 is 28.9 Å². The average molecular weight is 357 g/mol. The maximum absolute atomic E-state index is 12.3. The van der Waals surface area contributed by atoms with Gasteiger partial charge in [0.05, 0.1) is 9.95 Å². The van der Waals surface area contributed by atoms with Gasteiger partial charge >= 0.3 is 0 Å². The SMILES string of the molecule is Cc1cccc(NC(=O)c2ccc(-c3ccc([N+](=O)[O-])cc3Cl)o2)c1. The highest BCUT2D eigenvalue weighted by Crippen LogP contribution is 2.32. The van der Waals surface area contributed by atoms with Crippen LogP contribution in [-0.2, 0) is 0 Å². The molecule has 25 heavy (non-hydrogen) atoms. The van der Waals surface area contributed by atoms with E-state index in [0.717, 1.165) is 5.56 Å². The molecule has 2 aromatic carbocycles. The third kappa shape index (κ3) is 3.70. The zero-order valence-electron chi connectivity index (χ0n) is 13.2. The maximum atomic E-state index is 12.3. The molecule has 1 aromatic heterocycles. The Morgan fingerprint density at radius 2 is 1.96 bits per heavy atom. The Kier molecular flexibility index (Phi) is 4.54. The van der Waals surface area contributed by atoms with Gasteiger partial charge in [-0.05, 0) is 42.8 Å². The third-order valence-electron chi connectivity index (χ3n) is 3.53. The summed E-state index contributed by atoms with van der Waals surface area (Å²) in [6, 6.07) is 14.6. The van der Waals surface area contributed by atoms with Crippen molar-refractivity contribution in [3.05, 3.63) is 81.1 Å². The normalized spacial score (nSPS) is 10.5. The van der Waals surface area contributed by atoms with E-state index in [-0.39, 0.29) is 16.5 Å². The van der Waals surface area contributed by atoms with Gasteiger partial charge in [-0.2, -0.15) is 0 Å². The van der Waals surface area contributed by atoms with E-state index in [1.807, 2.05) is 25.1 Å². The number of aryl methyl sites for hydroxylation is 1. The van der Waals surface area contributed by atoms with Crippen molar-refractivity contribution in [2.24, 2.45) is 0 Å². The molecule has 7 heteroatoms. The van der Waals surface area contributed by atoms with Gasteiger partial charge in [0, 0.05) is 23.4 Å². The first-order chi connectivity index (χ1) is 11.9. The molecule has 0 aliphatic carbocycles. The predicted molar refractivity (Wildman–Crippen MR) is 94.9 cm³/mol. The van der Waals surface area contributed by atoms with Crippen LogP contribution in [0.4, 0.5) is 11.4 Å². The van der Waals surface area contributed by atoms with E-state index in [1.165, 1.54) is 24.3 Å². The Balaban J connectivity index is 1.82. The number of nitrogens with zero attached hydrogens (tertiary/aromatic N) is 1. The molecular weight excluding hydrogens is 344 g/mol.